The Balaban J connectivity index is 1.98. The van der Waals surface area contributed by atoms with Gasteiger partial charge < -0.3 is 10.4 Å². The first-order valence-corrected chi connectivity index (χ1v) is 7.22. The van der Waals surface area contributed by atoms with E-state index in [-0.39, 0.29) is 12.2 Å². The number of ketones is 1. The molecule has 0 saturated carbocycles. The van der Waals surface area contributed by atoms with Crippen LogP contribution in [0.1, 0.15) is 27.9 Å². The highest BCUT2D eigenvalue weighted by molar-refractivity contribution is 6.34. The summed E-state index contributed by atoms with van der Waals surface area (Å²) in [5.41, 5.74) is 0.297. The smallest absolute Gasteiger partial charge is 0.261 e. The number of hydrogen-bond donors (Lipinski definition) is 2. The van der Waals surface area contributed by atoms with Crippen molar-refractivity contribution in [2.45, 2.75) is 18.9 Å². The predicted octanol–water partition coefficient (Wildman–Crippen LogP) is 3.06. The van der Waals surface area contributed by atoms with Crippen molar-refractivity contribution >= 4 is 29.0 Å². The van der Waals surface area contributed by atoms with Crippen LogP contribution in [0, 0.1) is 6.92 Å². The van der Waals surface area contributed by atoms with E-state index in [1.54, 1.807) is 36.4 Å². The monoisotopic (exact) mass is 315 g/mol. The highest BCUT2D eigenvalue weighted by Gasteiger charge is 2.46. The molecular formula is C17H14ClNO3. The van der Waals surface area contributed by atoms with E-state index in [0.29, 0.717) is 21.8 Å². The summed E-state index contributed by atoms with van der Waals surface area (Å²) in [6.45, 7) is 1.86. The van der Waals surface area contributed by atoms with E-state index < -0.39 is 11.5 Å². The van der Waals surface area contributed by atoms with E-state index in [1.807, 2.05) is 13.0 Å². The molecule has 2 aromatic rings. The standard InChI is InChI=1S/C17H14ClNO3/c1-10-6-7-14-12(8-10)17(22,16(21)19-14)9-15(20)11-4-2-3-5-13(11)18/h2-8,22H,9H2,1H3,(H,19,21)/t17-/m1/s1. The van der Waals surface area contributed by atoms with Gasteiger partial charge >= 0.3 is 0 Å². The summed E-state index contributed by atoms with van der Waals surface area (Å²) in [4.78, 5) is 24.6. The lowest BCUT2D eigenvalue weighted by Crippen LogP contribution is -2.36. The summed E-state index contributed by atoms with van der Waals surface area (Å²) in [6, 6.07) is 11.9. The molecule has 1 heterocycles. The fraction of sp³-hybridized carbons (Fsp3) is 0.176. The quantitative estimate of drug-likeness (QED) is 0.855. The predicted molar refractivity (Wildman–Crippen MR) is 84.1 cm³/mol. The molecule has 0 fully saturated rings. The van der Waals surface area contributed by atoms with Crippen molar-refractivity contribution in [2.24, 2.45) is 0 Å². The number of Topliss-reactive ketones (excluding diaryl/α,β-unsaturated/α-hetero) is 1. The molecule has 5 heteroatoms. The maximum absolute atomic E-state index is 12.4. The van der Waals surface area contributed by atoms with Crippen LogP contribution in [0.15, 0.2) is 42.5 Å². The van der Waals surface area contributed by atoms with Gasteiger partial charge in [-0.3, -0.25) is 9.59 Å². The maximum Gasteiger partial charge on any atom is 0.261 e. The van der Waals surface area contributed by atoms with Crippen LogP contribution in [0.4, 0.5) is 5.69 Å². The van der Waals surface area contributed by atoms with Gasteiger partial charge in [-0.15, -0.1) is 0 Å². The normalized spacial score (nSPS) is 19.7. The third-order valence-corrected chi connectivity index (χ3v) is 4.16. The van der Waals surface area contributed by atoms with Gasteiger partial charge in [-0.1, -0.05) is 41.4 Å². The van der Waals surface area contributed by atoms with Crippen molar-refractivity contribution in [1.29, 1.82) is 0 Å². The minimum atomic E-state index is -1.86. The molecule has 1 aliphatic rings. The lowest BCUT2D eigenvalue weighted by molar-refractivity contribution is -0.133. The third-order valence-electron chi connectivity index (χ3n) is 3.84. The van der Waals surface area contributed by atoms with Gasteiger partial charge in [0.25, 0.3) is 5.91 Å². The van der Waals surface area contributed by atoms with Crippen molar-refractivity contribution in [1.82, 2.24) is 0 Å². The number of carbonyl (C=O) groups is 2. The summed E-state index contributed by atoms with van der Waals surface area (Å²) in [5.74, 6) is -0.967. The second-order valence-electron chi connectivity index (χ2n) is 5.44. The number of aryl methyl sites for hydroxylation is 1. The zero-order valence-electron chi connectivity index (χ0n) is 11.9. The van der Waals surface area contributed by atoms with E-state index in [9.17, 15) is 14.7 Å². The highest BCUT2D eigenvalue weighted by Crippen LogP contribution is 2.39. The number of fused-ring (bicyclic) bond motifs is 1. The largest absolute Gasteiger partial charge is 0.375 e. The highest BCUT2D eigenvalue weighted by atomic mass is 35.5. The molecule has 1 amide bonds. The average molecular weight is 316 g/mol. The molecule has 0 aromatic heterocycles. The first kappa shape index (κ1) is 14.8. The minimum absolute atomic E-state index is 0.298. The van der Waals surface area contributed by atoms with Crippen LogP contribution in [0.2, 0.25) is 5.02 Å². The first-order valence-electron chi connectivity index (χ1n) is 6.84. The number of benzene rings is 2. The van der Waals surface area contributed by atoms with E-state index in [1.165, 1.54) is 0 Å². The van der Waals surface area contributed by atoms with Gasteiger partial charge in [-0.2, -0.15) is 0 Å². The maximum atomic E-state index is 12.4. The summed E-state index contributed by atoms with van der Waals surface area (Å²) >= 11 is 6.01. The van der Waals surface area contributed by atoms with Crippen LogP contribution in [-0.4, -0.2) is 16.8 Å². The van der Waals surface area contributed by atoms with Crippen molar-refractivity contribution in [3.63, 3.8) is 0 Å². The Morgan fingerprint density at radius 2 is 2.00 bits per heavy atom. The van der Waals surface area contributed by atoms with Crippen LogP contribution >= 0.6 is 11.6 Å². The van der Waals surface area contributed by atoms with Gasteiger partial charge in [0.2, 0.25) is 0 Å². The number of halogens is 1. The molecule has 2 N–H and O–H groups in total. The fourth-order valence-corrected chi connectivity index (χ4v) is 2.89. The molecule has 0 saturated heterocycles. The van der Waals surface area contributed by atoms with Crippen LogP contribution in [0.3, 0.4) is 0 Å². The summed E-state index contributed by atoms with van der Waals surface area (Å²) in [5, 5.41) is 13.7. The topological polar surface area (TPSA) is 66.4 Å². The molecule has 0 unspecified atom stereocenters. The molecule has 112 valence electrons. The van der Waals surface area contributed by atoms with E-state index in [0.717, 1.165) is 5.56 Å². The van der Waals surface area contributed by atoms with Gasteiger partial charge in [-0.05, 0) is 25.1 Å². The Morgan fingerprint density at radius 3 is 2.73 bits per heavy atom. The molecule has 3 rings (SSSR count). The minimum Gasteiger partial charge on any atom is -0.375 e. The molecule has 0 aliphatic carbocycles. The van der Waals surface area contributed by atoms with E-state index in [2.05, 4.69) is 5.32 Å². The second kappa shape index (κ2) is 5.23. The molecule has 1 aliphatic heterocycles. The molecule has 2 aromatic carbocycles. The van der Waals surface area contributed by atoms with E-state index >= 15 is 0 Å². The number of amides is 1. The Kier molecular flexibility index (Phi) is 3.51. The Labute approximate surface area is 132 Å². The Morgan fingerprint density at radius 1 is 1.27 bits per heavy atom. The summed E-state index contributed by atoms with van der Waals surface area (Å²) in [6.07, 6.45) is -0.348. The van der Waals surface area contributed by atoms with E-state index in [4.69, 9.17) is 11.6 Å². The zero-order chi connectivity index (χ0) is 15.9. The molecular weight excluding hydrogens is 302 g/mol. The number of hydrogen-bond acceptors (Lipinski definition) is 3. The molecule has 4 nitrogen and oxygen atoms in total. The lowest BCUT2D eigenvalue weighted by atomic mass is 9.87. The molecule has 0 spiro atoms. The molecule has 0 radical (unpaired) electrons. The van der Waals surface area contributed by atoms with Crippen molar-refractivity contribution in [3.8, 4) is 0 Å². The van der Waals surface area contributed by atoms with Crippen LogP contribution in [0.25, 0.3) is 0 Å². The molecule has 0 bridgehead atoms. The summed E-state index contributed by atoms with van der Waals surface area (Å²) < 4.78 is 0. The number of nitrogens with one attached hydrogen (secondary N) is 1. The average Bonchev–Trinajstić information content (AvgIpc) is 2.71. The first-order chi connectivity index (χ1) is 10.4. The number of anilines is 1. The van der Waals surface area contributed by atoms with Crippen LogP contribution < -0.4 is 5.32 Å². The van der Waals surface area contributed by atoms with Gasteiger partial charge in [0.05, 0.1) is 11.4 Å². The van der Waals surface area contributed by atoms with Crippen molar-refractivity contribution in [2.75, 3.05) is 5.32 Å². The second-order valence-corrected chi connectivity index (χ2v) is 5.85. The number of carbonyl (C=O) groups excluding carboxylic acids is 2. The number of aliphatic hydroxyl groups is 1. The van der Waals surface area contributed by atoms with Gasteiger partial charge in [0.1, 0.15) is 0 Å². The lowest BCUT2D eigenvalue weighted by Gasteiger charge is -2.20. The fourth-order valence-electron chi connectivity index (χ4n) is 2.65. The molecule has 1 atom stereocenters. The molecule has 22 heavy (non-hydrogen) atoms. The van der Waals surface area contributed by atoms with Crippen molar-refractivity contribution in [3.05, 3.63) is 64.2 Å². The van der Waals surface area contributed by atoms with Crippen LogP contribution in [0.5, 0.6) is 0 Å². The van der Waals surface area contributed by atoms with Crippen LogP contribution in [-0.2, 0) is 10.4 Å². The van der Waals surface area contributed by atoms with Gasteiger partial charge in [-0.25, -0.2) is 0 Å². The SMILES string of the molecule is Cc1ccc2c(c1)[C@](O)(CC(=O)c1ccccc1Cl)C(=O)N2. The summed E-state index contributed by atoms with van der Waals surface area (Å²) in [7, 11) is 0. The Bertz CT molecular complexity index is 787. The Hall–Kier alpha value is -2.17. The van der Waals surface area contributed by atoms with Crippen molar-refractivity contribution < 1.29 is 14.7 Å². The van der Waals surface area contributed by atoms with Gasteiger partial charge in [0, 0.05) is 16.8 Å². The zero-order valence-corrected chi connectivity index (χ0v) is 12.6. The van der Waals surface area contributed by atoms with Gasteiger partial charge in [0.15, 0.2) is 11.4 Å². The number of rotatable bonds is 3. The third kappa shape index (κ3) is 2.30.